The summed E-state index contributed by atoms with van der Waals surface area (Å²) in [5.41, 5.74) is 2.61. The molecule has 0 N–H and O–H groups in total. The summed E-state index contributed by atoms with van der Waals surface area (Å²) in [4.78, 5) is 12.2. The topological polar surface area (TPSA) is 52.8 Å². The first kappa shape index (κ1) is 16.1. The van der Waals surface area contributed by atoms with Crippen molar-refractivity contribution in [3.63, 3.8) is 0 Å². The first-order chi connectivity index (χ1) is 11.1. The SMILES string of the molecule is CC(C)C(=O)c1cnn2cc(COCC3CCOCC3)ccc12. The number of Topliss-reactive ketones (excluding diaryl/α,β-unsaturated/α-hetero) is 1. The number of carbonyl (C=O) groups is 1. The maximum absolute atomic E-state index is 12.2. The van der Waals surface area contributed by atoms with Crippen LogP contribution in [0.4, 0.5) is 0 Å². The molecule has 0 radical (unpaired) electrons. The quantitative estimate of drug-likeness (QED) is 0.768. The lowest BCUT2D eigenvalue weighted by molar-refractivity contribution is 0.0156. The van der Waals surface area contributed by atoms with Gasteiger partial charge in [0, 0.05) is 25.3 Å². The highest BCUT2D eigenvalue weighted by atomic mass is 16.5. The number of nitrogens with zero attached hydrogens (tertiary/aromatic N) is 2. The first-order valence-electron chi connectivity index (χ1n) is 8.31. The van der Waals surface area contributed by atoms with Crippen LogP contribution in [0.2, 0.25) is 0 Å². The highest BCUT2D eigenvalue weighted by molar-refractivity contribution is 6.03. The zero-order valence-electron chi connectivity index (χ0n) is 13.8. The van der Waals surface area contributed by atoms with Crippen LogP contribution in [0.1, 0.15) is 42.6 Å². The predicted molar refractivity (Wildman–Crippen MR) is 87.6 cm³/mol. The van der Waals surface area contributed by atoms with Gasteiger partial charge in [-0.3, -0.25) is 4.79 Å². The number of aromatic nitrogens is 2. The Kier molecular flexibility index (Phi) is 5.08. The first-order valence-corrected chi connectivity index (χ1v) is 8.31. The van der Waals surface area contributed by atoms with Crippen molar-refractivity contribution in [2.75, 3.05) is 19.8 Å². The van der Waals surface area contributed by atoms with Gasteiger partial charge in [-0.25, -0.2) is 4.52 Å². The lowest BCUT2D eigenvalue weighted by Crippen LogP contribution is -2.20. The molecule has 2 aromatic heterocycles. The van der Waals surface area contributed by atoms with Crippen molar-refractivity contribution in [2.24, 2.45) is 11.8 Å². The van der Waals surface area contributed by atoms with Crippen molar-refractivity contribution in [3.05, 3.63) is 35.7 Å². The van der Waals surface area contributed by atoms with E-state index in [2.05, 4.69) is 5.10 Å². The molecule has 0 spiro atoms. The average Bonchev–Trinajstić information content (AvgIpc) is 2.98. The monoisotopic (exact) mass is 316 g/mol. The smallest absolute Gasteiger partial charge is 0.169 e. The summed E-state index contributed by atoms with van der Waals surface area (Å²) >= 11 is 0. The lowest BCUT2D eigenvalue weighted by atomic mass is 10.0. The average molecular weight is 316 g/mol. The Morgan fingerprint density at radius 3 is 2.91 bits per heavy atom. The second kappa shape index (κ2) is 7.23. The molecule has 0 bridgehead atoms. The number of hydrogen-bond donors (Lipinski definition) is 0. The Labute approximate surface area is 136 Å². The van der Waals surface area contributed by atoms with E-state index in [1.54, 1.807) is 10.7 Å². The van der Waals surface area contributed by atoms with E-state index in [9.17, 15) is 4.79 Å². The normalized spacial score (nSPS) is 16.3. The Hall–Kier alpha value is -1.72. The van der Waals surface area contributed by atoms with Gasteiger partial charge in [-0.1, -0.05) is 19.9 Å². The summed E-state index contributed by atoms with van der Waals surface area (Å²) in [7, 11) is 0. The van der Waals surface area contributed by atoms with Crippen LogP contribution in [0.3, 0.4) is 0 Å². The van der Waals surface area contributed by atoms with E-state index >= 15 is 0 Å². The molecule has 3 rings (SSSR count). The second-order valence-electron chi connectivity index (χ2n) is 6.52. The zero-order chi connectivity index (χ0) is 16.2. The molecule has 0 aromatic carbocycles. The maximum Gasteiger partial charge on any atom is 0.169 e. The summed E-state index contributed by atoms with van der Waals surface area (Å²) in [5, 5.41) is 4.30. The van der Waals surface area contributed by atoms with Gasteiger partial charge in [-0.15, -0.1) is 0 Å². The van der Waals surface area contributed by atoms with Crippen LogP contribution >= 0.6 is 0 Å². The zero-order valence-corrected chi connectivity index (χ0v) is 13.8. The Balaban J connectivity index is 1.63. The third kappa shape index (κ3) is 3.79. The van der Waals surface area contributed by atoms with Crippen molar-refractivity contribution in [3.8, 4) is 0 Å². The Bertz CT molecular complexity index is 672. The fourth-order valence-corrected chi connectivity index (χ4v) is 2.87. The minimum Gasteiger partial charge on any atom is -0.381 e. The number of ether oxygens (including phenoxy) is 2. The third-order valence-electron chi connectivity index (χ3n) is 4.33. The number of carbonyl (C=O) groups excluding carboxylic acids is 1. The number of fused-ring (bicyclic) bond motifs is 1. The highest BCUT2D eigenvalue weighted by Gasteiger charge is 2.16. The lowest BCUT2D eigenvalue weighted by Gasteiger charge is -2.21. The van der Waals surface area contributed by atoms with Crippen LogP contribution in [0.25, 0.3) is 5.52 Å². The maximum atomic E-state index is 12.2. The minimum atomic E-state index is -0.0227. The molecular weight excluding hydrogens is 292 g/mol. The molecule has 5 nitrogen and oxygen atoms in total. The highest BCUT2D eigenvalue weighted by Crippen LogP contribution is 2.18. The molecule has 0 unspecified atom stereocenters. The van der Waals surface area contributed by atoms with Gasteiger partial charge in [-0.05, 0) is 30.4 Å². The molecule has 1 aliphatic heterocycles. The standard InChI is InChI=1S/C18H24N2O3/c1-13(2)18(21)16-9-19-20-10-15(3-4-17(16)20)12-23-11-14-5-7-22-8-6-14/h3-4,9-10,13-14H,5-8,11-12H2,1-2H3. The van der Waals surface area contributed by atoms with Crippen LogP contribution in [-0.2, 0) is 16.1 Å². The molecule has 1 saturated heterocycles. The van der Waals surface area contributed by atoms with Crippen LogP contribution in [0.15, 0.2) is 24.5 Å². The molecule has 0 atom stereocenters. The molecule has 23 heavy (non-hydrogen) atoms. The van der Waals surface area contributed by atoms with Gasteiger partial charge in [-0.2, -0.15) is 5.10 Å². The van der Waals surface area contributed by atoms with E-state index < -0.39 is 0 Å². The van der Waals surface area contributed by atoms with Crippen LogP contribution < -0.4 is 0 Å². The fourth-order valence-electron chi connectivity index (χ4n) is 2.87. The molecule has 1 aliphatic rings. The fraction of sp³-hybridized carbons (Fsp3) is 0.556. The summed E-state index contributed by atoms with van der Waals surface area (Å²) in [5.74, 6) is 0.710. The molecule has 0 aliphatic carbocycles. The molecule has 124 valence electrons. The molecule has 3 heterocycles. The Morgan fingerprint density at radius 2 is 2.17 bits per heavy atom. The second-order valence-corrected chi connectivity index (χ2v) is 6.52. The van der Waals surface area contributed by atoms with Gasteiger partial charge in [0.25, 0.3) is 0 Å². The van der Waals surface area contributed by atoms with Crippen molar-refractivity contribution >= 4 is 11.3 Å². The molecular formula is C18H24N2O3. The van der Waals surface area contributed by atoms with E-state index in [0.717, 1.165) is 43.7 Å². The summed E-state index contributed by atoms with van der Waals surface area (Å²) in [6, 6.07) is 3.97. The van der Waals surface area contributed by atoms with E-state index in [4.69, 9.17) is 9.47 Å². The number of ketones is 1. The third-order valence-corrected chi connectivity index (χ3v) is 4.33. The number of rotatable bonds is 6. The van der Waals surface area contributed by atoms with Gasteiger partial charge in [0.15, 0.2) is 5.78 Å². The molecule has 0 saturated carbocycles. The van der Waals surface area contributed by atoms with Crippen molar-refractivity contribution in [1.29, 1.82) is 0 Å². The summed E-state index contributed by atoms with van der Waals surface area (Å²) < 4.78 is 13.0. The van der Waals surface area contributed by atoms with E-state index in [1.807, 2.05) is 32.2 Å². The summed E-state index contributed by atoms with van der Waals surface area (Å²) in [6.07, 6.45) is 5.76. The van der Waals surface area contributed by atoms with Crippen molar-refractivity contribution < 1.29 is 14.3 Å². The largest absolute Gasteiger partial charge is 0.381 e. The molecule has 2 aromatic rings. The van der Waals surface area contributed by atoms with Gasteiger partial charge in [0.2, 0.25) is 0 Å². The van der Waals surface area contributed by atoms with Crippen LogP contribution in [-0.4, -0.2) is 35.2 Å². The van der Waals surface area contributed by atoms with Gasteiger partial charge >= 0.3 is 0 Å². The van der Waals surface area contributed by atoms with Crippen LogP contribution in [0, 0.1) is 11.8 Å². The van der Waals surface area contributed by atoms with E-state index in [1.165, 1.54) is 0 Å². The number of pyridine rings is 1. The van der Waals surface area contributed by atoms with Crippen molar-refractivity contribution in [2.45, 2.75) is 33.3 Å². The van der Waals surface area contributed by atoms with E-state index in [-0.39, 0.29) is 11.7 Å². The van der Waals surface area contributed by atoms with Gasteiger partial charge < -0.3 is 9.47 Å². The number of hydrogen-bond acceptors (Lipinski definition) is 4. The van der Waals surface area contributed by atoms with Crippen LogP contribution in [0.5, 0.6) is 0 Å². The van der Waals surface area contributed by atoms with Crippen molar-refractivity contribution in [1.82, 2.24) is 9.61 Å². The summed E-state index contributed by atoms with van der Waals surface area (Å²) in [6.45, 7) is 6.85. The molecule has 1 fully saturated rings. The Morgan fingerprint density at radius 1 is 1.39 bits per heavy atom. The minimum absolute atomic E-state index is 0.0227. The molecule has 0 amide bonds. The van der Waals surface area contributed by atoms with Gasteiger partial charge in [0.05, 0.1) is 30.5 Å². The molecule has 5 heteroatoms. The predicted octanol–water partition coefficient (Wildman–Crippen LogP) is 3.12. The van der Waals surface area contributed by atoms with E-state index in [0.29, 0.717) is 18.1 Å². The van der Waals surface area contributed by atoms with Gasteiger partial charge in [0.1, 0.15) is 0 Å².